The zero-order valence-electron chi connectivity index (χ0n) is 13.9. The minimum Gasteiger partial charge on any atom is -0.326 e. The summed E-state index contributed by atoms with van der Waals surface area (Å²) in [5.74, 6) is -1.63. The largest absolute Gasteiger partial charge is 0.326 e. The van der Waals surface area contributed by atoms with Crippen molar-refractivity contribution in [3.05, 3.63) is 64.0 Å². The van der Waals surface area contributed by atoms with Crippen molar-refractivity contribution in [2.45, 2.75) is 13.3 Å². The molecule has 3 rings (SSSR count). The number of nitro benzene ring substituents is 1. The van der Waals surface area contributed by atoms with Crippen LogP contribution in [0.15, 0.2) is 42.5 Å². The molecule has 26 heavy (non-hydrogen) atoms. The van der Waals surface area contributed by atoms with Gasteiger partial charge in [0.05, 0.1) is 16.5 Å². The van der Waals surface area contributed by atoms with Crippen molar-refractivity contribution in [2.24, 2.45) is 5.92 Å². The molecule has 8 heteroatoms. The number of nitro groups is 1. The summed E-state index contributed by atoms with van der Waals surface area (Å²) in [4.78, 5) is 36.6. The lowest BCUT2D eigenvalue weighted by Gasteiger charge is -2.17. The van der Waals surface area contributed by atoms with E-state index in [1.807, 2.05) is 0 Å². The second kappa shape index (κ2) is 6.91. The Balaban J connectivity index is 1.74. The van der Waals surface area contributed by atoms with Gasteiger partial charge in [0.2, 0.25) is 11.8 Å². The molecular weight excluding hydrogens is 341 g/mol. The summed E-state index contributed by atoms with van der Waals surface area (Å²) in [5.41, 5.74) is 1.25. The lowest BCUT2D eigenvalue weighted by Crippen LogP contribution is -2.28. The quantitative estimate of drug-likeness (QED) is 0.672. The molecule has 0 unspecified atom stereocenters. The number of nitrogens with one attached hydrogen (secondary N) is 1. The molecule has 0 radical (unpaired) electrons. The lowest BCUT2D eigenvalue weighted by atomic mass is 10.1. The van der Waals surface area contributed by atoms with Gasteiger partial charge in [-0.2, -0.15) is 0 Å². The van der Waals surface area contributed by atoms with Gasteiger partial charge in [0.25, 0.3) is 5.69 Å². The van der Waals surface area contributed by atoms with Crippen LogP contribution in [0.2, 0.25) is 0 Å². The Morgan fingerprint density at radius 1 is 1.27 bits per heavy atom. The highest BCUT2D eigenvalue weighted by molar-refractivity contribution is 6.03. The third-order valence-electron chi connectivity index (χ3n) is 4.31. The zero-order valence-corrected chi connectivity index (χ0v) is 13.9. The Hall–Kier alpha value is -3.29. The van der Waals surface area contributed by atoms with Gasteiger partial charge in [-0.3, -0.25) is 19.7 Å². The van der Waals surface area contributed by atoms with E-state index in [1.165, 1.54) is 35.2 Å². The van der Waals surface area contributed by atoms with E-state index in [4.69, 9.17) is 0 Å². The van der Waals surface area contributed by atoms with E-state index in [0.29, 0.717) is 16.9 Å². The normalized spacial score (nSPS) is 16.6. The summed E-state index contributed by atoms with van der Waals surface area (Å²) in [7, 11) is 0. The molecule has 1 atom stereocenters. The van der Waals surface area contributed by atoms with Crippen molar-refractivity contribution < 1.29 is 18.9 Å². The maximum Gasteiger partial charge on any atom is 0.274 e. The Morgan fingerprint density at radius 2 is 1.96 bits per heavy atom. The number of amides is 2. The summed E-state index contributed by atoms with van der Waals surface area (Å²) in [6.07, 6.45) is 0.00863. The predicted molar refractivity (Wildman–Crippen MR) is 93.3 cm³/mol. The lowest BCUT2D eigenvalue weighted by molar-refractivity contribution is -0.385. The SMILES string of the molecule is Cc1ccc(N2C[C@H](C(=O)Nc3ccc(F)cc3)CC2=O)cc1[N+](=O)[O-]. The maximum absolute atomic E-state index is 12.9. The van der Waals surface area contributed by atoms with E-state index in [0.717, 1.165) is 0 Å². The van der Waals surface area contributed by atoms with Crippen molar-refractivity contribution in [1.82, 2.24) is 0 Å². The molecule has 0 saturated carbocycles. The average molecular weight is 357 g/mol. The molecule has 1 fully saturated rings. The van der Waals surface area contributed by atoms with Crippen LogP contribution in [-0.4, -0.2) is 23.3 Å². The van der Waals surface area contributed by atoms with Crippen LogP contribution in [0.4, 0.5) is 21.5 Å². The van der Waals surface area contributed by atoms with Gasteiger partial charge in [-0.1, -0.05) is 6.07 Å². The Kier molecular flexibility index (Phi) is 4.66. The second-order valence-corrected chi connectivity index (χ2v) is 6.13. The molecule has 1 aliphatic heterocycles. The van der Waals surface area contributed by atoms with Crippen molar-refractivity contribution in [2.75, 3.05) is 16.8 Å². The summed E-state index contributed by atoms with van der Waals surface area (Å²) < 4.78 is 12.9. The minimum absolute atomic E-state index is 0.00863. The van der Waals surface area contributed by atoms with Crippen molar-refractivity contribution in [3.63, 3.8) is 0 Å². The van der Waals surface area contributed by atoms with E-state index in [2.05, 4.69) is 5.32 Å². The highest BCUT2D eigenvalue weighted by Crippen LogP contribution is 2.30. The number of halogens is 1. The molecule has 1 saturated heterocycles. The molecule has 2 aromatic rings. The molecule has 134 valence electrons. The van der Waals surface area contributed by atoms with Crippen molar-refractivity contribution >= 4 is 28.9 Å². The smallest absolute Gasteiger partial charge is 0.274 e. The number of anilines is 2. The standard InChI is InChI=1S/C18H16FN3O4/c1-11-2-7-15(9-16(11)22(25)26)21-10-12(8-17(21)23)18(24)20-14-5-3-13(19)4-6-14/h2-7,9,12H,8,10H2,1H3,(H,20,24)/t12-/m1/s1. The molecule has 1 heterocycles. The third kappa shape index (κ3) is 3.53. The fraction of sp³-hybridized carbons (Fsp3) is 0.222. The van der Waals surface area contributed by atoms with Crippen LogP contribution >= 0.6 is 0 Å². The molecule has 0 aliphatic carbocycles. The second-order valence-electron chi connectivity index (χ2n) is 6.13. The van der Waals surface area contributed by atoms with Gasteiger partial charge in [0.1, 0.15) is 5.82 Å². The molecule has 1 aliphatic rings. The van der Waals surface area contributed by atoms with E-state index >= 15 is 0 Å². The Morgan fingerprint density at radius 3 is 2.62 bits per heavy atom. The monoisotopic (exact) mass is 357 g/mol. The van der Waals surface area contributed by atoms with Gasteiger partial charge < -0.3 is 10.2 Å². The van der Waals surface area contributed by atoms with Crippen molar-refractivity contribution in [1.29, 1.82) is 0 Å². The van der Waals surface area contributed by atoms with Gasteiger partial charge >= 0.3 is 0 Å². The van der Waals surface area contributed by atoms with E-state index < -0.39 is 16.7 Å². The summed E-state index contributed by atoms with van der Waals surface area (Å²) in [5, 5.41) is 13.7. The molecule has 0 aromatic heterocycles. The van der Waals surface area contributed by atoms with Gasteiger partial charge in [-0.15, -0.1) is 0 Å². The number of benzene rings is 2. The first-order valence-corrected chi connectivity index (χ1v) is 7.97. The van der Waals surface area contributed by atoms with E-state index in [-0.39, 0.29) is 30.5 Å². The Bertz CT molecular complexity index is 883. The predicted octanol–water partition coefficient (Wildman–Crippen LogP) is 3.03. The van der Waals surface area contributed by atoms with Crippen LogP contribution in [0.1, 0.15) is 12.0 Å². The summed E-state index contributed by atoms with van der Waals surface area (Å²) in [6.45, 7) is 1.75. The van der Waals surface area contributed by atoms with Gasteiger partial charge in [-0.05, 0) is 37.3 Å². The molecule has 2 amide bonds. The van der Waals surface area contributed by atoms with Crippen LogP contribution < -0.4 is 10.2 Å². The molecular formula is C18H16FN3O4. The minimum atomic E-state index is -0.590. The number of hydrogen-bond acceptors (Lipinski definition) is 4. The number of nitrogens with zero attached hydrogens (tertiary/aromatic N) is 2. The maximum atomic E-state index is 12.9. The van der Waals surface area contributed by atoms with Crippen LogP contribution in [0.3, 0.4) is 0 Å². The third-order valence-corrected chi connectivity index (χ3v) is 4.31. The van der Waals surface area contributed by atoms with Gasteiger partial charge in [0.15, 0.2) is 0 Å². The summed E-state index contributed by atoms with van der Waals surface area (Å²) in [6, 6.07) is 9.87. The van der Waals surface area contributed by atoms with Gasteiger partial charge in [-0.25, -0.2) is 4.39 Å². The average Bonchev–Trinajstić information content (AvgIpc) is 2.99. The van der Waals surface area contributed by atoms with E-state index in [9.17, 15) is 24.1 Å². The van der Waals surface area contributed by atoms with E-state index in [1.54, 1.807) is 19.1 Å². The highest BCUT2D eigenvalue weighted by Gasteiger charge is 2.35. The number of aryl methyl sites for hydroxylation is 1. The summed E-state index contributed by atoms with van der Waals surface area (Å²) >= 11 is 0. The van der Waals surface area contributed by atoms with Crippen LogP contribution in [0.25, 0.3) is 0 Å². The molecule has 0 bridgehead atoms. The molecule has 2 aromatic carbocycles. The first-order chi connectivity index (χ1) is 12.3. The first-order valence-electron chi connectivity index (χ1n) is 7.97. The highest BCUT2D eigenvalue weighted by atomic mass is 19.1. The van der Waals surface area contributed by atoms with Crippen LogP contribution in [0, 0.1) is 28.8 Å². The number of rotatable bonds is 4. The number of hydrogen-bond donors (Lipinski definition) is 1. The first kappa shape index (κ1) is 17.5. The fourth-order valence-corrected chi connectivity index (χ4v) is 2.87. The fourth-order valence-electron chi connectivity index (χ4n) is 2.87. The number of carbonyl (C=O) groups is 2. The molecule has 7 nitrogen and oxygen atoms in total. The topological polar surface area (TPSA) is 92.6 Å². The van der Waals surface area contributed by atoms with Crippen LogP contribution in [-0.2, 0) is 9.59 Å². The van der Waals surface area contributed by atoms with Crippen LogP contribution in [0.5, 0.6) is 0 Å². The molecule has 1 N–H and O–H groups in total. The molecule has 0 spiro atoms. The van der Waals surface area contributed by atoms with Crippen molar-refractivity contribution in [3.8, 4) is 0 Å². The zero-order chi connectivity index (χ0) is 18.8. The number of carbonyl (C=O) groups excluding carboxylic acids is 2. The Labute approximate surface area is 148 Å². The van der Waals surface area contributed by atoms with Gasteiger partial charge in [0, 0.05) is 30.3 Å².